The van der Waals surface area contributed by atoms with Gasteiger partial charge in [-0.15, -0.1) is 0 Å². The van der Waals surface area contributed by atoms with Crippen LogP contribution < -0.4 is 5.32 Å². The summed E-state index contributed by atoms with van der Waals surface area (Å²) in [5.74, 6) is 0. The van der Waals surface area contributed by atoms with Crippen molar-refractivity contribution in [2.75, 3.05) is 26.2 Å². The molecule has 1 aromatic carbocycles. The van der Waals surface area contributed by atoms with Crippen LogP contribution in [0.5, 0.6) is 0 Å². The molecule has 19 heavy (non-hydrogen) atoms. The molecule has 1 aliphatic heterocycles. The van der Waals surface area contributed by atoms with Crippen LogP contribution in [0.2, 0.25) is 0 Å². The summed E-state index contributed by atoms with van der Waals surface area (Å²) in [5, 5.41) is 3.08. The summed E-state index contributed by atoms with van der Waals surface area (Å²) in [6.45, 7) is 5.83. The number of aryl methyl sites for hydroxylation is 2. The zero-order valence-electron chi connectivity index (χ0n) is 11.2. The van der Waals surface area contributed by atoms with Crippen LogP contribution >= 0.6 is 0 Å². The molecule has 1 aromatic rings. The number of hydrogen-bond donors (Lipinski definition) is 1. The fourth-order valence-electron chi connectivity index (χ4n) is 2.48. The lowest BCUT2D eigenvalue weighted by atomic mass is 9.99. The molecule has 0 aromatic heterocycles. The van der Waals surface area contributed by atoms with Gasteiger partial charge in [-0.25, -0.2) is 0 Å². The van der Waals surface area contributed by atoms with Crippen LogP contribution in [0.25, 0.3) is 0 Å². The highest BCUT2D eigenvalue weighted by Gasteiger charge is 2.44. The Morgan fingerprint density at radius 2 is 1.74 bits per heavy atom. The summed E-state index contributed by atoms with van der Waals surface area (Å²) in [5.41, 5.74) is 2.27. The van der Waals surface area contributed by atoms with Crippen LogP contribution in [-0.2, 0) is 0 Å². The molecule has 0 bridgehead atoms. The molecular weight excluding hydrogens is 253 g/mol. The minimum absolute atomic E-state index is 0.345. The first-order valence-corrected chi connectivity index (χ1v) is 6.48. The number of benzene rings is 1. The molecule has 0 amide bonds. The Balaban J connectivity index is 2.33. The van der Waals surface area contributed by atoms with Crippen molar-refractivity contribution >= 4 is 0 Å². The Morgan fingerprint density at radius 3 is 2.26 bits per heavy atom. The molecule has 1 saturated heterocycles. The van der Waals surface area contributed by atoms with Crippen molar-refractivity contribution in [3.63, 3.8) is 0 Å². The number of halogens is 3. The molecule has 0 saturated carbocycles. The largest absolute Gasteiger partial charge is 0.408 e. The fourth-order valence-corrected chi connectivity index (χ4v) is 2.48. The first kappa shape index (κ1) is 14.3. The van der Waals surface area contributed by atoms with Crippen molar-refractivity contribution in [1.29, 1.82) is 0 Å². The van der Waals surface area contributed by atoms with Gasteiger partial charge in [0.15, 0.2) is 0 Å². The van der Waals surface area contributed by atoms with Gasteiger partial charge in [0.2, 0.25) is 0 Å². The highest BCUT2D eigenvalue weighted by molar-refractivity contribution is 5.32. The summed E-state index contributed by atoms with van der Waals surface area (Å²) >= 11 is 0. The number of piperazine rings is 1. The van der Waals surface area contributed by atoms with Gasteiger partial charge in [-0.1, -0.05) is 18.2 Å². The Hall–Kier alpha value is -1.07. The fraction of sp³-hybridized carbons (Fsp3) is 0.571. The van der Waals surface area contributed by atoms with Gasteiger partial charge in [0.25, 0.3) is 0 Å². The van der Waals surface area contributed by atoms with Crippen LogP contribution in [-0.4, -0.2) is 37.3 Å². The second-order valence-corrected chi connectivity index (χ2v) is 5.07. The normalized spacial score (nSPS) is 19.4. The molecule has 1 aliphatic rings. The van der Waals surface area contributed by atoms with Crippen LogP contribution in [0.3, 0.4) is 0 Å². The van der Waals surface area contributed by atoms with E-state index in [1.54, 1.807) is 18.2 Å². The molecule has 106 valence electrons. The van der Waals surface area contributed by atoms with Crippen molar-refractivity contribution in [2.45, 2.75) is 26.1 Å². The van der Waals surface area contributed by atoms with Crippen LogP contribution in [0.4, 0.5) is 13.2 Å². The Bertz CT molecular complexity index is 437. The van der Waals surface area contributed by atoms with Gasteiger partial charge < -0.3 is 5.32 Å². The molecule has 0 aliphatic carbocycles. The number of nitrogens with one attached hydrogen (secondary N) is 1. The molecule has 1 atom stereocenters. The smallest absolute Gasteiger partial charge is 0.314 e. The molecule has 0 spiro atoms. The molecule has 1 N–H and O–H groups in total. The van der Waals surface area contributed by atoms with E-state index in [9.17, 15) is 13.2 Å². The van der Waals surface area contributed by atoms with E-state index in [-0.39, 0.29) is 0 Å². The van der Waals surface area contributed by atoms with E-state index in [1.807, 2.05) is 13.8 Å². The SMILES string of the molecule is Cc1ccc([C@@H](N2CCNCC2)C(F)(F)F)cc1C. The second-order valence-electron chi connectivity index (χ2n) is 5.07. The zero-order valence-corrected chi connectivity index (χ0v) is 11.2. The lowest BCUT2D eigenvalue weighted by molar-refractivity contribution is -0.187. The molecule has 5 heteroatoms. The predicted molar refractivity (Wildman–Crippen MR) is 69.2 cm³/mol. The third kappa shape index (κ3) is 3.28. The Morgan fingerprint density at radius 1 is 1.11 bits per heavy atom. The average molecular weight is 272 g/mol. The van der Waals surface area contributed by atoms with Gasteiger partial charge in [-0.3, -0.25) is 4.90 Å². The van der Waals surface area contributed by atoms with Gasteiger partial charge in [0.1, 0.15) is 6.04 Å². The topological polar surface area (TPSA) is 15.3 Å². The molecule has 0 unspecified atom stereocenters. The average Bonchev–Trinajstić information content (AvgIpc) is 2.34. The molecular formula is C14H19F3N2. The maximum absolute atomic E-state index is 13.4. The first-order chi connectivity index (χ1) is 8.89. The van der Waals surface area contributed by atoms with Crippen LogP contribution in [0.15, 0.2) is 18.2 Å². The standard InChI is InChI=1S/C14H19F3N2/c1-10-3-4-12(9-11(10)2)13(14(15,16)17)19-7-5-18-6-8-19/h3-4,9,13,18H,5-8H2,1-2H3/t13-/m1/s1. The molecule has 1 fully saturated rings. The summed E-state index contributed by atoms with van der Waals surface area (Å²) in [6.07, 6.45) is -4.24. The van der Waals surface area contributed by atoms with E-state index in [1.165, 1.54) is 4.90 Å². The van der Waals surface area contributed by atoms with E-state index in [0.29, 0.717) is 31.7 Å². The number of alkyl halides is 3. The van der Waals surface area contributed by atoms with Gasteiger partial charge in [-0.05, 0) is 30.5 Å². The van der Waals surface area contributed by atoms with Crippen molar-refractivity contribution < 1.29 is 13.2 Å². The minimum atomic E-state index is -4.24. The maximum atomic E-state index is 13.4. The minimum Gasteiger partial charge on any atom is -0.314 e. The van der Waals surface area contributed by atoms with Gasteiger partial charge in [0, 0.05) is 26.2 Å². The zero-order chi connectivity index (χ0) is 14.0. The van der Waals surface area contributed by atoms with Crippen molar-refractivity contribution in [3.8, 4) is 0 Å². The summed E-state index contributed by atoms with van der Waals surface area (Å²) < 4.78 is 40.1. The monoisotopic (exact) mass is 272 g/mol. The van der Waals surface area contributed by atoms with E-state index in [4.69, 9.17) is 0 Å². The van der Waals surface area contributed by atoms with Crippen molar-refractivity contribution in [3.05, 3.63) is 34.9 Å². The number of hydrogen-bond acceptors (Lipinski definition) is 2. The number of rotatable bonds is 2. The van der Waals surface area contributed by atoms with Crippen molar-refractivity contribution in [2.24, 2.45) is 0 Å². The van der Waals surface area contributed by atoms with E-state index < -0.39 is 12.2 Å². The first-order valence-electron chi connectivity index (χ1n) is 6.48. The summed E-state index contributed by atoms with van der Waals surface area (Å²) in [4.78, 5) is 1.51. The Kier molecular flexibility index (Phi) is 4.16. The van der Waals surface area contributed by atoms with E-state index in [2.05, 4.69) is 5.32 Å². The van der Waals surface area contributed by atoms with Crippen LogP contribution in [0.1, 0.15) is 22.7 Å². The second kappa shape index (κ2) is 5.51. The van der Waals surface area contributed by atoms with Gasteiger partial charge >= 0.3 is 6.18 Å². The predicted octanol–water partition coefficient (Wildman–Crippen LogP) is 2.81. The molecule has 1 heterocycles. The summed E-state index contributed by atoms with van der Waals surface area (Å²) in [7, 11) is 0. The molecule has 2 rings (SSSR count). The highest BCUT2D eigenvalue weighted by Crippen LogP contribution is 2.38. The van der Waals surface area contributed by atoms with Gasteiger partial charge in [-0.2, -0.15) is 13.2 Å². The highest BCUT2D eigenvalue weighted by atomic mass is 19.4. The van der Waals surface area contributed by atoms with Crippen LogP contribution in [0, 0.1) is 13.8 Å². The quantitative estimate of drug-likeness (QED) is 0.890. The third-order valence-corrected chi connectivity index (χ3v) is 3.67. The lowest BCUT2D eigenvalue weighted by Gasteiger charge is -2.36. The van der Waals surface area contributed by atoms with Gasteiger partial charge in [0.05, 0.1) is 0 Å². The molecule has 2 nitrogen and oxygen atoms in total. The lowest BCUT2D eigenvalue weighted by Crippen LogP contribution is -2.49. The maximum Gasteiger partial charge on any atom is 0.408 e. The third-order valence-electron chi connectivity index (χ3n) is 3.67. The van der Waals surface area contributed by atoms with E-state index in [0.717, 1.165) is 11.1 Å². The summed E-state index contributed by atoms with van der Waals surface area (Å²) in [6, 6.07) is 3.54. The molecule has 0 radical (unpaired) electrons. The Labute approximate surface area is 111 Å². The van der Waals surface area contributed by atoms with Crippen molar-refractivity contribution in [1.82, 2.24) is 10.2 Å². The number of nitrogens with zero attached hydrogens (tertiary/aromatic N) is 1. The van der Waals surface area contributed by atoms with E-state index >= 15 is 0 Å².